The van der Waals surface area contributed by atoms with Crippen molar-refractivity contribution in [3.05, 3.63) is 18.0 Å². The number of nitrogens with zero attached hydrogens (tertiary/aromatic N) is 3. The van der Waals surface area contributed by atoms with Gasteiger partial charge in [0.05, 0.1) is 25.4 Å². The molecule has 0 aliphatic heterocycles. The molecule has 1 aromatic heterocycles. The maximum atomic E-state index is 11.5. The van der Waals surface area contributed by atoms with E-state index in [2.05, 4.69) is 35.7 Å². The second-order valence-electron chi connectivity index (χ2n) is 6.15. The summed E-state index contributed by atoms with van der Waals surface area (Å²) in [7, 11) is 1.43. The first-order valence-electron chi connectivity index (χ1n) is 7.95. The molecule has 21 heavy (non-hydrogen) atoms. The van der Waals surface area contributed by atoms with Gasteiger partial charge in [-0.3, -0.25) is 14.4 Å². The molecule has 1 aliphatic rings. The third-order valence-electron chi connectivity index (χ3n) is 4.27. The molecule has 0 saturated heterocycles. The van der Waals surface area contributed by atoms with Gasteiger partial charge in [-0.1, -0.05) is 19.3 Å². The van der Waals surface area contributed by atoms with Crippen molar-refractivity contribution in [2.75, 3.05) is 13.7 Å². The van der Waals surface area contributed by atoms with E-state index in [1.54, 1.807) is 0 Å². The number of hydrogen-bond acceptors (Lipinski definition) is 4. The molecule has 0 amide bonds. The molecule has 1 aromatic rings. The van der Waals surface area contributed by atoms with Gasteiger partial charge in [-0.25, -0.2) is 0 Å². The van der Waals surface area contributed by atoms with E-state index in [0.29, 0.717) is 19.1 Å². The van der Waals surface area contributed by atoms with Crippen molar-refractivity contribution in [2.24, 2.45) is 0 Å². The summed E-state index contributed by atoms with van der Waals surface area (Å²) in [4.78, 5) is 13.6. The zero-order valence-electron chi connectivity index (χ0n) is 13.4. The highest BCUT2D eigenvalue weighted by atomic mass is 16.5. The average molecular weight is 293 g/mol. The van der Waals surface area contributed by atoms with Crippen LogP contribution in [0.2, 0.25) is 0 Å². The lowest BCUT2D eigenvalue weighted by Crippen LogP contribution is -2.35. The van der Waals surface area contributed by atoms with Crippen molar-refractivity contribution in [3.8, 4) is 0 Å². The molecule has 2 rings (SSSR count). The van der Waals surface area contributed by atoms with Crippen LogP contribution in [0, 0.1) is 0 Å². The molecule has 0 aromatic carbocycles. The zero-order valence-corrected chi connectivity index (χ0v) is 13.4. The van der Waals surface area contributed by atoms with Crippen molar-refractivity contribution < 1.29 is 9.53 Å². The first-order chi connectivity index (χ1) is 10.1. The minimum absolute atomic E-state index is 0.199. The third kappa shape index (κ3) is 4.56. The van der Waals surface area contributed by atoms with E-state index in [4.69, 9.17) is 9.84 Å². The minimum atomic E-state index is -0.199. The number of ether oxygens (including phenoxy) is 1. The number of hydrogen-bond donors (Lipinski definition) is 0. The average Bonchev–Trinajstić information content (AvgIpc) is 2.95. The van der Waals surface area contributed by atoms with Crippen LogP contribution in [0.4, 0.5) is 0 Å². The molecule has 0 bridgehead atoms. The standard InChI is InChI=1S/C16H27N3O2/c1-13(2)18(12-16(20)21-3)11-14-9-10-19(17-14)15-7-5-4-6-8-15/h9-10,13,15H,4-8,11-12H2,1-3H3. The summed E-state index contributed by atoms with van der Waals surface area (Å²) in [5, 5.41) is 4.71. The molecule has 5 heteroatoms. The maximum absolute atomic E-state index is 11.5. The highest BCUT2D eigenvalue weighted by Crippen LogP contribution is 2.27. The van der Waals surface area contributed by atoms with Crippen LogP contribution in [0.1, 0.15) is 57.7 Å². The number of esters is 1. The summed E-state index contributed by atoms with van der Waals surface area (Å²) in [5.41, 5.74) is 1.03. The molecule has 1 fully saturated rings. The molecule has 5 nitrogen and oxygen atoms in total. The topological polar surface area (TPSA) is 47.4 Å². The predicted octanol–water partition coefficient (Wildman–Crippen LogP) is 2.77. The first-order valence-corrected chi connectivity index (χ1v) is 7.95. The van der Waals surface area contributed by atoms with Crippen molar-refractivity contribution in [1.29, 1.82) is 0 Å². The van der Waals surface area contributed by atoms with Crippen LogP contribution in [0.5, 0.6) is 0 Å². The van der Waals surface area contributed by atoms with Gasteiger partial charge in [-0.15, -0.1) is 0 Å². The van der Waals surface area contributed by atoms with Crippen LogP contribution >= 0.6 is 0 Å². The van der Waals surface area contributed by atoms with Gasteiger partial charge in [0.1, 0.15) is 0 Å². The fourth-order valence-corrected chi connectivity index (χ4v) is 2.87. The van der Waals surface area contributed by atoms with Gasteiger partial charge in [-0.05, 0) is 32.8 Å². The molecular formula is C16H27N3O2. The lowest BCUT2D eigenvalue weighted by molar-refractivity contribution is -0.142. The molecule has 1 aliphatic carbocycles. The second-order valence-corrected chi connectivity index (χ2v) is 6.15. The van der Waals surface area contributed by atoms with E-state index in [1.807, 2.05) is 0 Å². The minimum Gasteiger partial charge on any atom is -0.468 e. The Bertz CT molecular complexity index is 450. The predicted molar refractivity (Wildman–Crippen MR) is 81.9 cm³/mol. The summed E-state index contributed by atoms with van der Waals surface area (Å²) in [6.45, 7) is 5.17. The fraction of sp³-hybridized carbons (Fsp3) is 0.750. The number of aromatic nitrogens is 2. The summed E-state index contributed by atoms with van der Waals surface area (Å²) >= 11 is 0. The monoisotopic (exact) mass is 293 g/mol. The van der Waals surface area contributed by atoms with Crippen LogP contribution in [-0.2, 0) is 16.1 Å². The summed E-state index contributed by atoms with van der Waals surface area (Å²) < 4.78 is 6.88. The van der Waals surface area contributed by atoms with Crippen molar-refractivity contribution in [3.63, 3.8) is 0 Å². The third-order valence-corrected chi connectivity index (χ3v) is 4.27. The van der Waals surface area contributed by atoms with Crippen LogP contribution < -0.4 is 0 Å². The first kappa shape index (κ1) is 16.0. The Morgan fingerprint density at radius 2 is 2.14 bits per heavy atom. The van der Waals surface area contributed by atoms with Gasteiger partial charge in [0.15, 0.2) is 0 Å². The lowest BCUT2D eigenvalue weighted by atomic mass is 9.96. The SMILES string of the molecule is COC(=O)CN(Cc1ccn(C2CCCCC2)n1)C(C)C. The Morgan fingerprint density at radius 1 is 1.43 bits per heavy atom. The zero-order chi connectivity index (χ0) is 15.2. The van der Waals surface area contributed by atoms with Crippen LogP contribution in [0.25, 0.3) is 0 Å². The van der Waals surface area contributed by atoms with Crippen molar-refractivity contribution >= 4 is 5.97 Å². The van der Waals surface area contributed by atoms with Gasteiger partial charge in [-0.2, -0.15) is 5.10 Å². The van der Waals surface area contributed by atoms with Gasteiger partial charge in [0.25, 0.3) is 0 Å². The number of methoxy groups -OCH3 is 1. The maximum Gasteiger partial charge on any atom is 0.319 e. The Labute approximate surface area is 127 Å². The van der Waals surface area contributed by atoms with Gasteiger partial charge >= 0.3 is 5.97 Å². The summed E-state index contributed by atoms with van der Waals surface area (Å²) in [6, 6.07) is 2.91. The largest absolute Gasteiger partial charge is 0.468 e. The lowest BCUT2D eigenvalue weighted by Gasteiger charge is -2.24. The molecule has 1 saturated carbocycles. The molecule has 0 N–H and O–H groups in total. The molecule has 0 atom stereocenters. The fourth-order valence-electron chi connectivity index (χ4n) is 2.87. The number of rotatable bonds is 6. The van der Waals surface area contributed by atoms with Crippen LogP contribution in [0.3, 0.4) is 0 Å². The second kappa shape index (κ2) is 7.59. The van der Waals surface area contributed by atoms with Crippen molar-refractivity contribution in [1.82, 2.24) is 14.7 Å². The van der Waals surface area contributed by atoms with Gasteiger partial charge < -0.3 is 4.74 Å². The van der Waals surface area contributed by atoms with Gasteiger partial charge in [0.2, 0.25) is 0 Å². The molecule has 0 spiro atoms. The van der Waals surface area contributed by atoms with Crippen LogP contribution in [0.15, 0.2) is 12.3 Å². The Morgan fingerprint density at radius 3 is 2.76 bits per heavy atom. The Balaban J connectivity index is 1.97. The van der Waals surface area contributed by atoms with Crippen LogP contribution in [-0.4, -0.2) is 40.3 Å². The van der Waals surface area contributed by atoms with E-state index < -0.39 is 0 Å². The Kier molecular flexibility index (Phi) is 5.79. The van der Waals surface area contributed by atoms with Gasteiger partial charge in [0, 0.05) is 18.8 Å². The smallest absolute Gasteiger partial charge is 0.319 e. The molecule has 0 radical (unpaired) electrons. The molecule has 1 heterocycles. The molecular weight excluding hydrogens is 266 g/mol. The Hall–Kier alpha value is -1.36. The molecule has 118 valence electrons. The van der Waals surface area contributed by atoms with E-state index in [0.717, 1.165) is 5.69 Å². The summed E-state index contributed by atoms with van der Waals surface area (Å²) in [6.07, 6.45) is 8.52. The van der Waals surface area contributed by atoms with Crippen molar-refractivity contribution in [2.45, 2.75) is 64.6 Å². The number of carbonyl (C=O) groups excluding carboxylic acids is 1. The van der Waals surface area contributed by atoms with E-state index >= 15 is 0 Å². The van der Waals surface area contributed by atoms with E-state index in [1.165, 1.54) is 39.2 Å². The van der Waals surface area contributed by atoms with E-state index in [-0.39, 0.29) is 12.0 Å². The molecule has 0 unspecified atom stereocenters. The highest BCUT2D eigenvalue weighted by Gasteiger charge is 2.19. The summed E-state index contributed by atoms with van der Waals surface area (Å²) in [5.74, 6) is -0.199. The normalized spacial score (nSPS) is 16.6. The van der Waals surface area contributed by atoms with E-state index in [9.17, 15) is 4.79 Å². The number of carbonyl (C=O) groups is 1. The highest BCUT2D eigenvalue weighted by molar-refractivity contribution is 5.71. The quantitative estimate of drug-likeness (QED) is 0.757.